The highest BCUT2D eigenvalue weighted by atomic mass is 16.3. The van der Waals surface area contributed by atoms with Gasteiger partial charge in [0.1, 0.15) is 5.75 Å². The molecule has 1 aromatic rings. The van der Waals surface area contributed by atoms with Crippen LogP contribution in [0.5, 0.6) is 5.75 Å². The van der Waals surface area contributed by atoms with Gasteiger partial charge in [-0.25, -0.2) is 0 Å². The van der Waals surface area contributed by atoms with Gasteiger partial charge in [-0.05, 0) is 69.5 Å². The highest BCUT2D eigenvalue weighted by molar-refractivity contribution is 5.75. The topological polar surface area (TPSA) is 61.4 Å². The number of phenolic OH excluding ortho intramolecular Hbond substituents is 1. The first kappa shape index (κ1) is 14.5. The Hall–Kier alpha value is -1.55. The molecule has 0 aliphatic carbocycles. The fraction of sp³-hybridized carbons (Fsp3) is 0.500. The smallest absolute Gasteiger partial charge is 0.211 e. The Morgan fingerprint density at radius 2 is 1.83 bits per heavy atom. The van der Waals surface area contributed by atoms with Gasteiger partial charge in [-0.2, -0.15) is 0 Å². The molecule has 100 valence electrons. The van der Waals surface area contributed by atoms with E-state index < -0.39 is 0 Å². The molecule has 3 N–H and O–H groups in total. The van der Waals surface area contributed by atoms with Crippen LogP contribution in [0.3, 0.4) is 0 Å². The lowest BCUT2D eigenvalue weighted by molar-refractivity contribution is -0.105. The maximum atomic E-state index is 10.3. The Kier molecular flexibility index (Phi) is 5.65. The Balaban J connectivity index is 0.000000269. The van der Waals surface area contributed by atoms with E-state index in [1.54, 1.807) is 13.0 Å². The Bertz CT molecular complexity index is 405. The van der Waals surface area contributed by atoms with E-state index in [2.05, 4.69) is 10.6 Å². The third-order valence-corrected chi connectivity index (χ3v) is 3.23. The number of phenols is 1. The van der Waals surface area contributed by atoms with E-state index in [0.29, 0.717) is 12.2 Å². The largest absolute Gasteiger partial charge is 0.507 e. The second kappa shape index (κ2) is 7.01. The molecular weight excluding hydrogens is 228 g/mol. The molecule has 0 unspecified atom stereocenters. The van der Waals surface area contributed by atoms with E-state index in [4.69, 9.17) is 0 Å². The standard InChI is InChI=1S/C10H13NO2.C4H9N/c1-6-4-9(11-5-12)7(2)8(3)10(6)13;1-2-4-5-3-1/h4-5,13H,1-3H3,(H,11,12);5H,1-4H2. The number of rotatable bonds is 2. The van der Waals surface area contributed by atoms with Crippen LogP contribution in [0.15, 0.2) is 6.07 Å². The maximum absolute atomic E-state index is 10.3. The van der Waals surface area contributed by atoms with Gasteiger partial charge < -0.3 is 15.7 Å². The summed E-state index contributed by atoms with van der Waals surface area (Å²) in [7, 11) is 0. The molecule has 2 rings (SSSR count). The van der Waals surface area contributed by atoms with Gasteiger partial charge in [0.25, 0.3) is 0 Å². The van der Waals surface area contributed by atoms with Gasteiger partial charge in [0, 0.05) is 5.69 Å². The molecule has 0 aromatic heterocycles. The predicted octanol–water partition coefficient (Wildman–Crippen LogP) is 2.26. The molecule has 0 radical (unpaired) electrons. The molecule has 1 aromatic carbocycles. The summed E-state index contributed by atoms with van der Waals surface area (Å²) in [4.78, 5) is 10.3. The molecule has 4 nitrogen and oxygen atoms in total. The molecule has 1 saturated heterocycles. The third kappa shape index (κ3) is 3.74. The van der Waals surface area contributed by atoms with Crippen molar-refractivity contribution in [1.29, 1.82) is 0 Å². The third-order valence-electron chi connectivity index (χ3n) is 3.23. The number of nitrogens with one attached hydrogen (secondary N) is 2. The summed E-state index contributed by atoms with van der Waals surface area (Å²) in [5.74, 6) is 0.300. The van der Waals surface area contributed by atoms with E-state index in [1.165, 1.54) is 25.9 Å². The average molecular weight is 250 g/mol. The van der Waals surface area contributed by atoms with Crippen molar-refractivity contribution < 1.29 is 9.90 Å². The van der Waals surface area contributed by atoms with E-state index in [9.17, 15) is 9.90 Å². The number of aromatic hydroxyl groups is 1. The molecule has 1 aliphatic heterocycles. The zero-order valence-electron chi connectivity index (χ0n) is 11.3. The summed E-state index contributed by atoms with van der Waals surface area (Å²) < 4.78 is 0. The predicted molar refractivity (Wildman–Crippen MR) is 74.1 cm³/mol. The van der Waals surface area contributed by atoms with Crippen LogP contribution in [0.2, 0.25) is 0 Å². The minimum atomic E-state index is 0.300. The Morgan fingerprint density at radius 1 is 1.22 bits per heavy atom. The van der Waals surface area contributed by atoms with Gasteiger partial charge in [0.05, 0.1) is 0 Å². The van der Waals surface area contributed by atoms with E-state index >= 15 is 0 Å². The second-order valence-corrected chi connectivity index (χ2v) is 4.56. The maximum Gasteiger partial charge on any atom is 0.211 e. The number of aryl methyl sites for hydroxylation is 1. The van der Waals surface area contributed by atoms with Crippen molar-refractivity contribution >= 4 is 12.1 Å². The summed E-state index contributed by atoms with van der Waals surface area (Å²) in [5, 5.41) is 15.4. The normalized spacial score (nSPS) is 13.7. The zero-order valence-corrected chi connectivity index (χ0v) is 11.3. The highest BCUT2D eigenvalue weighted by Gasteiger charge is 2.07. The zero-order chi connectivity index (χ0) is 13.5. The SMILES string of the molecule is C1CCNC1.Cc1cc(NC=O)c(C)c(C)c1O. The quantitative estimate of drug-likeness (QED) is 0.557. The lowest BCUT2D eigenvalue weighted by Gasteiger charge is -2.11. The fourth-order valence-electron chi connectivity index (χ4n) is 1.91. The van der Waals surface area contributed by atoms with Crippen LogP contribution in [0.4, 0.5) is 5.69 Å². The number of hydrogen-bond donors (Lipinski definition) is 3. The number of carbonyl (C=O) groups excluding carboxylic acids is 1. The Morgan fingerprint density at radius 3 is 2.28 bits per heavy atom. The van der Waals surface area contributed by atoms with Crippen molar-refractivity contribution in [2.45, 2.75) is 33.6 Å². The molecule has 1 amide bonds. The first-order chi connectivity index (χ1) is 8.57. The number of hydrogen-bond acceptors (Lipinski definition) is 3. The van der Waals surface area contributed by atoms with Gasteiger partial charge in [0.15, 0.2) is 0 Å². The molecule has 1 aliphatic rings. The van der Waals surface area contributed by atoms with Crippen LogP contribution < -0.4 is 10.6 Å². The van der Waals surface area contributed by atoms with Crippen molar-refractivity contribution in [2.24, 2.45) is 0 Å². The summed E-state index contributed by atoms with van der Waals surface area (Å²) in [6.45, 7) is 7.99. The van der Waals surface area contributed by atoms with Gasteiger partial charge >= 0.3 is 0 Å². The average Bonchev–Trinajstić information content (AvgIpc) is 2.92. The van der Waals surface area contributed by atoms with Crippen LogP contribution in [0.1, 0.15) is 29.5 Å². The number of benzene rings is 1. The first-order valence-corrected chi connectivity index (χ1v) is 6.28. The minimum Gasteiger partial charge on any atom is -0.507 e. The fourth-order valence-corrected chi connectivity index (χ4v) is 1.91. The van der Waals surface area contributed by atoms with E-state index in [1.807, 2.05) is 13.8 Å². The van der Waals surface area contributed by atoms with Crippen LogP contribution in [-0.4, -0.2) is 24.6 Å². The molecule has 1 heterocycles. The number of amides is 1. The molecule has 0 atom stereocenters. The summed E-state index contributed by atoms with van der Waals surface area (Å²) in [6.07, 6.45) is 3.41. The van der Waals surface area contributed by atoms with Crippen LogP contribution in [-0.2, 0) is 4.79 Å². The monoisotopic (exact) mass is 250 g/mol. The summed E-state index contributed by atoms with van der Waals surface area (Å²) in [5.41, 5.74) is 3.23. The van der Waals surface area contributed by atoms with Crippen molar-refractivity contribution in [3.63, 3.8) is 0 Å². The highest BCUT2D eigenvalue weighted by Crippen LogP contribution is 2.29. The molecule has 0 spiro atoms. The number of carbonyl (C=O) groups is 1. The molecular formula is C14H22N2O2. The van der Waals surface area contributed by atoms with E-state index in [0.717, 1.165) is 22.4 Å². The van der Waals surface area contributed by atoms with Crippen molar-refractivity contribution in [3.8, 4) is 5.75 Å². The lowest BCUT2D eigenvalue weighted by Crippen LogP contribution is -2.03. The van der Waals surface area contributed by atoms with Crippen LogP contribution in [0, 0.1) is 20.8 Å². The molecule has 0 saturated carbocycles. The molecule has 18 heavy (non-hydrogen) atoms. The van der Waals surface area contributed by atoms with E-state index in [-0.39, 0.29) is 0 Å². The number of anilines is 1. The first-order valence-electron chi connectivity index (χ1n) is 6.28. The Labute approximate surface area is 108 Å². The second-order valence-electron chi connectivity index (χ2n) is 4.56. The van der Waals surface area contributed by atoms with Crippen molar-refractivity contribution in [2.75, 3.05) is 18.4 Å². The van der Waals surface area contributed by atoms with Gasteiger partial charge in [-0.1, -0.05) is 0 Å². The van der Waals surface area contributed by atoms with Gasteiger partial charge in [-0.15, -0.1) is 0 Å². The van der Waals surface area contributed by atoms with Gasteiger partial charge in [0.2, 0.25) is 6.41 Å². The molecule has 0 bridgehead atoms. The molecule has 4 heteroatoms. The minimum absolute atomic E-state index is 0.300. The summed E-state index contributed by atoms with van der Waals surface area (Å²) in [6, 6.07) is 1.76. The molecule has 1 fully saturated rings. The van der Waals surface area contributed by atoms with Crippen LogP contribution >= 0.6 is 0 Å². The summed E-state index contributed by atoms with van der Waals surface area (Å²) >= 11 is 0. The van der Waals surface area contributed by atoms with Crippen LogP contribution in [0.25, 0.3) is 0 Å². The van der Waals surface area contributed by atoms with Crippen molar-refractivity contribution in [3.05, 3.63) is 22.8 Å². The lowest BCUT2D eigenvalue weighted by atomic mass is 10.0. The van der Waals surface area contributed by atoms with Crippen molar-refractivity contribution in [1.82, 2.24) is 5.32 Å². The van der Waals surface area contributed by atoms with Gasteiger partial charge in [-0.3, -0.25) is 4.79 Å².